The van der Waals surface area contributed by atoms with E-state index < -0.39 is 0 Å². The van der Waals surface area contributed by atoms with Gasteiger partial charge in [0.1, 0.15) is 0 Å². The van der Waals surface area contributed by atoms with Crippen LogP contribution < -0.4 is 4.90 Å². The van der Waals surface area contributed by atoms with Gasteiger partial charge >= 0.3 is 5.97 Å². The quantitative estimate of drug-likeness (QED) is 0.689. The van der Waals surface area contributed by atoms with Crippen molar-refractivity contribution in [2.45, 2.75) is 32.6 Å². The molecule has 0 spiro atoms. The van der Waals surface area contributed by atoms with Crippen LogP contribution in [0.3, 0.4) is 0 Å². The summed E-state index contributed by atoms with van der Waals surface area (Å²) < 4.78 is 5.13. The second-order valence-electron chi connectivity index (χ2n) is 8.28. The molecule has 0 bridgehead atoms. The summed E-state index contributed by atoms with van der Waals surface area (Å²) in [6, 6.07) is 14.0. The first-order chi connectivity index (χ1) is 15.2. The largest absolute Gasteiger partial charge is 0.466 e. The Kier molecular flexibility index (Phi) is 6.79. The fraction of sp³-hybridized carbons (Fsp3) is 0.500. The fourth-order valence-corrected chi connectivity index (χ4v) is 4.50. The van der Waals surface area contributed by atoms with E-state index in [2.05, 4.69) is 15.1 Å². The summed E-state index contributed by atoms with van der Waals surface area (Å²) in [4.78, 5) is 29.2. The van der Waals surface area contributed by atoms with Crippen molar-refractivity contribution in [3.05, 3.63) is 42.5 Å². The van der Waals surface area contributed by atoms with Crippen molar-refractivity contribution in [3.63, 3.8) is 0 Å². The Morgan fingerprint density at radius 2 is 1.74 bits per heavy atom. The summed E-state index contributed by atoms with van der Waals surface area (Å²) in [6.07, 6.45) is 3.22. The van der Waals surface area contributed by atoms with Gasteiger partial charge in [-0.15, -0.1) is 10.2 Å². The highest BCUT2D eigenvalue weighted by molar-refractivity contribution is 5.80. The first-order valence-electron chi connectivity index (χ1n) is 11.2. The Morgan fingerprint density at radius 3 is 2.42 bits per heavy atom. The van der Waals surface area contributed by atoms with Gasteiger partial charge in [0.05, 0.1) is 24.1 Å². The van der Waals surface area contributed by atoms with E-state index in [4.69, 9.17) is 4.74 Å². The van der Waals surface area contributed by atoms with Crippen LogP contribution in [-0.4, -0.2) is 59.8 Å². The molecule has 0 radical (unpaired) electrons. The van der Waals surface area contributed by atoms with Crippen LogP contribution in [0.4, 0.5) is 5.82 Å². The third-order valence-corrected chi connectivity index (χ3v) is 6.24. The molecule has 0 saturated carbocycles. The number of ether oxygens (including phenoxy) is 1. The van der Waals surface area contributed by atoms with Crippen LogP contribution in [-0.2, 0) is 14.3 Å². The number of nitrogens with zero attached hydrogens (tertiary/aromatic N) is 4. The first-order valence-corrected chi connectivity index (χ1v) is 11.2. The van der Waals surface area contributed by atoms with Gasteiger partial charge in [-0.3, -0.25) is 9.59 Å². The third kappa shape index (κ3) is 5.03. The summed E-state index contributed by atoms with van der Waals surface area (Å²) in [6.45, 7) is 5.04. The molecule has 1 aromatic carbocycles. The molecule has 1 amide bonds. The van der Waals surface area contributed by atoms with Gasteiger partial charge in [-0.2, -0.15) is 0 Å². The minimum Gasteiger partial charge on any atom is -0.466 e. The highest BCUT2D eigenvalue weighted by Crippen LogP contribution is 2.26. The topological polar surface area (TPSA) is 75.6 Å². The normalized spacial score (nSPS) is 19.8. The molecular formula is C24H30N4O3. The number of carbonyl (C=O) groups excluding carboxylic acids is 2. The minimum absolute atomic E-state index is 0.0384. The lowest BCUT2D eigenvalue weighted by molar-refractivity contribution is -0.151. The molecule has 0 aliphatic carbocycles. The number of hydrogen-bond acceptors (Lipinski definition) is 6. The average molecular weight is 423 g/mol. The molecule has 2 fully saturated rings. The van der Waals surface area contributed by atoms with E-state index in [9.17, 15) is 9.59 Å². The zero-order valence-electron chi connectivity index (χ0n) is 18.1. The van der Waals surface area contributed by atoms with Crippen LogP contribution in [0.15, 0.2) is 42.5 Å². The molecule has 164 valence electrons. The molecule has 31 heavy (non-hydrogen) atoms. The second kappa shape index (κ2) is 9.90. The average Bonchev–Trinajstić information content (AvgIpc) is 2.84. The first kappa shape index (κ1) is 21.3. The van der Waals surface area contributed by atoms with Gasteiger partial charge in [0.15, 0.2) is 5.82 Å². The van der Waals surface area contributed by atoms with E-state index in [0.29, 0.717) is 39.1 Å². The number of hydrogen-bond donors (Lipinski definition) is 0. The van der Waals surface area contributed by atoms with E-state index >= 15 is 0 Å². The number of rotatable bonds is 5. The zero-order chi connectivity index (χ0) is 21.6. The lowest BCUT2D eigenvalue weighted by Crippen LogP contribution is -2.48. The Hall–Kier alpha value is -2.96. The Balaban J connectivity index is 1.34. The number of piperidine rings is 2. The highest BCUT2D eigenvalue weighted by Gasteiger charge is 2.33. The lowest BCUT2D eigenvalue weighted by Gasteiger charge is -2.37. The number of carbonyl (C=O) groups is 2. The summed E-state index contributed by atoms with van der Waals surface area (Å²) >= 11 is 0. The minimum atomic E-state index is -0.129. The van der Waals surface area contributed by atoms with Crippen LogP contribution in [0.25, 0.3) is 11.3 Å². The molecule has 7 nitrogen and oxygen atoms in total. The Labute approximate surface area is 183 Å². The number of amides is 1. The molecule has 7 heteroatoms. The molecule has 0 N–H and O–H groups in total. The van der Waals surface area contributed by atoms with Crippen molar-refractivity contribution in [2.75, 3.05) is 37.7 Å². The SMILES string of the molecule is CCOC(=O)C1CCN(C(=O)[C@@H]2CCCN(c3ccc(-c4ccccc4)nn3)C2)CC1. The van der Waals surface area contributed by atoms with Crippen molar-refractivity contribution in [1.82, 2.24) is 15.1 Å². The van der Waals surface area contributed by atoms with Crippen LogP contribution in [0.1, 0.15) is 32.6 Å². The number of benzene rings is 1. The highest BCUT2D eigenvalue weighted by atomic mass is 16.5. The third-order valence-electron chi connectivity index (χ3n) is 6.24. The van der Waals surface area contributed by atoms with Crippen molar-refractivity contribution >= 4 is 17.7 Å². The van der Waals surface area contributed by atoms with Crippen LogP contribution in [0.5, 0.6) is 0 Å². The van der Waals surface area contributed by atoms with E-state index in [1.165, 1.54) is 0 Å². The van der Waals surface area contributed by atoms with Gasteiger partial charge in [-0.1, -0.05) is 30.3 Å². The molecule has 1 atom stereocenters. The van der Waals surface area contributed by atoms with E-state index in [-0.39, 0.29) is 23.7 Å². The number of aromatic nitrogens is 2. The van der Waals surface area contributed by atoms with Crippen molar-refractivity contribution in [1.29, 1.82) is 0 Å². The fourth-order valence-electron chi connectivity index (χ4n) is 4.50. The van der Waals surface area contributed by atoms with Gasteiger partial charge < -0.3 is 14.5 Å². The predicted octanol–water partition coefficient (Wildman–Crippen LogP) is 3.16. The summed E-state index contributed by atoms with van der Waals surface area (Å²) in [5.74, 6) is 0.767. The molecular weight excluding hydrogens is 392 g/mol. The molecule has 1 aromatic heterocycles. The molecule has 4 rings (SSSR count). The van der Waals surface area contributed by atoms with Crippen molar-refractivity contribution in [2.24, 2.45) is 11.8 Å². The maximum absolute atomic E-state index is 13.1. The molecule has 2 aliphatic rings. The van der Waals surface area contributed by atoms with Crippen molar-refractivity contribution in [3.8, 4) is 11.3 Å². The number of esters is 1. The Bertz CT molecular complexity index is 879. The maximum atomic E-state index is 13.1. The van der Waals surface area contributed by atoms with Gasteiger partial charge in [0, 0.05) is 31.7 Å². The number of anilines is 1. The Morgan fingerprint density at radius 1 is 0.968 bits per heavy atom. The van der Waals surface area contributed by atoms with E-state index in [0.717, 1.165) is 36.5 Å². The summed E-state index contributed by atoms with van der Waals surface area (Å²) in [5.41, 5.74) is 1.89. The van der Waals surface area contributed by atoms with Gasteiger partial charge in [-0.05, 0) is 44.7 Å². The standard InChI is InChI=1S/C24H30N4O3/c1-2-31-24(30)19-12-15-27(16-13-19)23(29)20-9-6-14-28(17-20)22-11-10-21(25-26-22)18-7-4-3-5-8-18/h3-5,7-8,10-11,19-20H,2,6,9,12-17H2,1H3/t20-/m1/s1. The smallest absolute Gasteiger partial charge is 0.309 e. The lowest BCUT2D eigenvalue weighted by atomic mass is 9.93. The number of likely N-dealkylation sites (tertiary alicyclic amines) is 1. The van der Waals surface area contributed by atoms with E-state index in [1.807, 2.05) is 54.3 Å². The van der Waals surface area contributed by atoms with Crippen LogP contribution in [0.2, 0.25) is 0 Å². The van der Waals surface area contributed by atoms with Crippen LogP contribution >= 0.6 is 0 Å². The predicted molar refractivity (Wildman–Crippen MR) is 118 cm³/mol. The van der Waals surface area contributed by atoms with Gasteiger partial charge in [-0.25, -0.2) is 0 Å². The van der Waals surface area contributed by atoms with E-state index in [1.54, 1.807) is 0 Å². The van der Waals surface area contributed by atoms with Gasteiger partial charge in [0.25, 0.3) is 0 Å². The molecule has 2 aliphatic heterocycles. The van der Waals surface area contributed by atoms with Crippen LogP contribution in [0, 0.1) is 11.8 Å². The second-order valence-corrected chi connectivity index (χ2v) is 8.28. The van der Waals surface area contributed by atoms with Gasteiger partial charge in [0.2, 0.25) is 5.91 Å². The monoisotopic (exact) mass is 422 g/mol. The maximum Gasteiger partial charge on any atom is 0.309 e. The molecule has 2 aromatic rings. The van der Waals surface area contributed by atoms with Crippen molar-refractivity contribution < 1.29 is 14.3 Å². The molecule has 0 unspecified atom stereocenters. The zero-order valence-corrected chi connectivity index (χ0v) is 18.1. The summed E-state index contributed by atoms with van der Waals surface area (Å²) in [5, 5.41) is 8.82. The molecule has 3 heterocycles. The summed E-state index contributed by atoms with van der Waals surface area (Å²) in [7, 11) is 0. The molecule has 2 saturated heterocycles.